The summed E-state index contributed by atoms with van der Waals surface area (Å²) in [7, 11) is 0. The molecule has 0 aliphatic heterocycles. The average Bonchev–Trinajstić information content (AvgIpc) is 3.55. The molecule has 0 atom stereocenters. The summed E-state index contributed by atoms with van der Waals surface area (Å²) < 4.78 is 5.64. The molecule has 1 saturated carbocycles. The van der Waals surface area contributed by atoms with Gasteiger partial charge in [-0.3, -0.25) is 9.59 Å². The van der Waals surface area contributed by atoms with Crippen molar-refractivity contribution in [2.24, 2.45) is 5.92 Å². The molecule has 5 heteroatoms. The zero-order valence-electron chi connectivity index (χ0n) is 15.7. The summed E-state index contributed by atoms with van der Waals surface area (Å²) in [5.41, 5.74) is 2.22. The molecule has 3 aromatic carbocycles. The first-order valence-electron chi connectivity index (χ1n) is 9.42. The number of carbonyl (C=O) groups is 2. The van der Waals surface area contributed by atoms with E-state index < -0.39 is 0 Å². The SMILES string of the molecule is Cc1c(NC(=O)COc2ccc3ccccc3c2)cccc1NC(=O)C1CC1. The lowest BCUT2D eigenvalue weighted by Gasteiger charge is -2.14. The Morgan fingerprint density at radius 3 is 2.39 bits per heavy atom. The summed E-state index contributed by atoms with van der Waals surface area (Å²) in [5.74, 6) is 0.581. The van der Waals surface area contributed by atoms with Crippen molar-refractivity contribution in [3.8, 4) is 5.75 Å². The van der Waals surface area contributed by atoms with Gasteiger partial charge in [0.25, 0.3) is 5.91 Å². The molecule has 28 heavy (non-hydrogen) atoms. The van der Waals surface area contributed by atoms with Crippen LogP contribution in [-0.2, 0) is 9.59 Å². The van der Waals surface area contributed by atoms with E-state index in [9.17, 15) is 9.59 Å². The van der Waals surface area contributed by atoms with Crippen LogP contribution in [0, 0.1) is 12.8 Å². The monoisotopic (exact) mass is 374 g/mol. The van der Waals surface area contributed by atoms with Crippen molar-refractivity contribution < 1.29 is 14.3 Å². The van der Waals surface area contributed by atoms with Gasteiger partial charge in [0.1, 0.15) is 5.75 Å². The van der Waals surface area contributed by atoms with E-state index in [0.29, 0.717) is 11.4 Å². The van der Waals surface area contributed by atoms with Crippen LogP contribution in [0.5, 0.6) is 5.75 Å². The van der Waals surface area contributed by atoms with Crippen LogP contribution in [-0.4, -0.2) is 18.4 Å². The fourth-order valence-electron chi connectivity index (χ4n) is 3.08. The van der Waals surface area contributed by atoms with Gasteiger partial charge in [-0.05, 0) is 60.4 Å². The Morgan fingerprint density at radius 1 is 0.929 bits per heavy atom. The highest BCUT2D eigenvalue weighted by atomic mass is 16.5. The van der Waals surface area contributed by atoms with E-state index in [-0.39, 0.29) is 24.3 Å². The largest absolute Gasteiger partial charge is 0.484 e. The van der Waals surface area contributed by atoms with Crippen LogP contribution in [0.3, 0.4) is 0 Å². The molecule has 4 rings (SSSR count). The van der Waals surface area contributed by atoms with E-state index >= 15 is 0 Å². The number of carbonyl (C=O) groups excluding carboxylic acids is 2. The van der Waals surface area contributed by atoms with Crippen LogP contribution in [0.2, 0.25) is 0 Å². The Balaban J connectivity index is 1.38. The molecule has 1 aliphatic carbocycles. The van der Waals surface area contributed by atoms with Gasteiger partial charge in [0.15, 0.2) is 6.61 Å². The molecule has 0 saturated heterocycles. The lowest BCUT2D eigenvalue weighted by molar-refractivity contribution is -0.118. The van der Waals surface area contributed by atoms with Crippen molar-refractivity contribution in [3.05, 3.63) is 66.2 Å². The maximum atomic E-state index is 12.3. The predicted octanol–water partition coefficient (Wildman–Crippen LogP) is 4.51. The predicted molar refractivity (Wildman–Crippen MR) is 111 cm³/mol. The molecule has 3 aromatic rings. The molecule has 5 nitrogen and oxygen atoms in total. The van der Waals surface area contributed by atoms with E-state index in [0.717, 1.165) is 34.9 Å². The van der Waals surface area contributed by atoms with Gasteiger partial charge in [0, 0.05) is 17.3 Å². The molecule has 0 aromatic heterocycles. The van der Waals surface area contributed by atoms with Gasteiger partial charge in [0.05, 0.1) is 0 Å². The highest BCUT2D eigenvalue weighted by Crippen LogP contribution is 2.31. The molecule has 2 N–H and O–H groups in total. The zero-order chi connectivity index (χ0) is 19.5. The Bertz CT molecular complexity index is 1040. The van der Waals surface area contributed by atoms with Crippen molar-refractivity contribution in [1.82, 2.24) is 0 Å². The van der Waals surface area contributed by atoms with Crippen LogP contribution in [0.4, 0.5) is 11.4 Å². The molecule has 1 aliphatic rings. The number of fused-ring (bicyclic) bond motifs is 1. The summed E-state index contributed by atoms with van der Waals surface area (Å²) in [5, 5.41) is 7.99. The van der Waals surface area contributed by atoms with E-state index in [4.69, 9.17) is 4.74 Å². The molecule has 0 spiro atoms. The van der Waals surface area contributed by atoms with Crippen molar-refractivity contribution >= 4 is 34.0 Å². The van der Waals surface area contributed by atoms with Crippen LogP contribution in [0.25, 0.3) is 10.8 Å². The van der Waals surface area contributed by atoms with E-state index in [1.54, 1.807) is 0 Å². The highest BCUT2D eigenvalue weighted by Gasteiger charge is 2.29. The second kappa shape index (κ2) is 7.72. The van der Waals surface area contributed by atoms with Crippen molar-refractivity contribution in [2.45, 2.75) is 19.8 Å². The van der Waals surface area contributed by atoms with Crippen molar-refractivity contribution in [3.63, 3.8) is 0 Å². The minimum absolute atomic E-state index is 0.0474. The topological polar surface area (TPSA) is 67.4 Å². The van der Waals surface area contributed by atoms with E-state index in [1.807, 2.05) is 67.6 Å². The number of amides is 2. The van der Waals surface area contributed by atoms with E-state index in [1.165, 1.54) is 0 Å². The zero-order valence-corrected chi connectivity index (χ0v) is 15.7. The smallest absolute Gasteiger partial charge is 0.262 e. The molecule has 142 valence electrons. The Kier molecular flexibility index (Phi) is 4.98. The third-order valence-electron chi connectivity index (χ3n) is 4.90. The van der Waals surface area contributed by atoms with Gasteiger partial charge in [-0.2, -0.15) is 0 Å². The quantitative estimate of drug-likeness (QED) is 0.667. The summed E-state index contributed by atoms with van der Waals surface area (Å²) in [6.07, 6.45) is 1.90. The molecule has 1 fully saturated rings. The summed E-state index contributed by atoms with van der Waals surface area (Å²) in [6, 6.07) is 19.2. The van der Waals surface area contributed by atoms with Gasteiger partial charge in [0.2, 0.25) is 5.91 Å². The Labute approximate surface area is 163 Å². The van der Waals surface area contributed by atoms with Gasteiger partial charge < -0.3 is 15.4 Å². The molecule has 2 amide bonds. The first-order valence-corrected chi connectivity index (χ1v) is 9.42. The fraction of sp³-hybridized carbons (Fsp3) is 0.217. The number of nitrogens with one attached hydrogen (secondary N) is 2. The minimum atomic E-state index is -0.248. The van der Waals surface area contributed by atoms with Gasteiger partial charge >= 0.3 is 0 Å². The van der Waals surface area contributed by atoms with Crippen LogP contribution >= 0.6 is 0 Å². The van der Waals surface area contributed by atoms with Gasteiger partial charge in [-0.1, -0.05) is 36.4 Å². The lowest BCUT2D eigenvalue weighted by atomic mass is 10.1. The maximum absolute atomic E-state index is 12.3. The molecular formula is C23H22N2O3. The first kappa shape index (κ1) is 18.0. The minimum Gasteiger partial charge on any atom is -0.484 e. The van der Waals surface area contributed by atoms with Crippen LogP contribution in [0.15, 0.2) is 60.7 Å². The second-order valence-corrected chi connectivity index (χ2v) is 7.09. The summed E-state index contributed by atoms with van der Waals surface area (Å²) in [4.78, 5) is 24.3. The number of benzene rings is 3. The number of anilines is 2. The Morgan fingerprint density at radius 2 is 1.64 bits per heavy atom. The number of ether oxygens (including phenoxy) is 1. The van der Waals surface area contributed by atoms with Crippen LogP contribution in [0.1, 0.15) is 18.4 Å². The molecular weight excluding hydrogens is 352 g/mol. The van der Waals surface area contributed by atoms with Gasteiger partial charge in [-0.15, -0.1) is 0 Å². The van der Waals surface area contributed by atoms with Crippen molar-refractivity contribution in [2.75, 3.05) is 17.2 Å². The number of hydrogen-bond donors (Lipinski definition) is 2. The number of hydrogen-bond acceptors (Lipinski definition) is 3. The highest BCUT2D eigenvalue weighted by molar-refractivity contribution is 5.97. The van der Waals surface area contributed by atoms with E-state index in [2.05, 4.69) is 10.6 Å². The average molecular weight is 374 g/mol. The molecule has 0 heterocycles. The third-order valence-corrected chi connectivity index (χ3v) is 4.90. The first-order chi connectivity index (χ1) is 13.6. The second-order valence-electron chi connectivity index (χ2n) is 7.09. The number of rotatable bonds is 6. The maximum Gasteiger partial charge on any atom is 0.262 e. The molecule has 0 unspecified atom stereocenters. The standard InChI is InChI=1S/C23H22N2O3/c1-15-20(7-4-8-21(15)25-23(27)17-9-10-17)24-22(26)14-28-19-12-11-16-5-2-3-6-18(16)13-19/h2-8,11-13,17H,9-10,14H2,1H3,(H,24,26)(H,25,27). The molecule has 0 bridgehead atoms. The molecule has 0 radical (unpaired) electrons. The lowest BCUT2D eigenvalue weighted by Crippen LogP contribution is -2.21. The fourth-order valence-corrected chi connectivity index (χ4v) is 3.08. The van der Waals surface area contributed by atoms with Crippen molar-refractivity contribution in [1.29, 1.82) is 0 Å². The van der Waals surface area contributed by atoms with Gasteiger partial charge in [-0.25, -0.2) is 0 Å². The third kappa shape index (κ3) is 4.14. The van der Waals surface area contributed by atoms with Crippen LogP contribution < -0.4 is 15.4 Å². The summed E-state index contributed by atoms with van der Waals surface area (Å²) >= 11 is 0. The summed E-state index contributed by atoms with van der Waals surface area (Å²) in [6.45, 7) is 1.79. The normalized spacial score (nSPS) is 13.2. The Hall–Kier alpha value is -3.34.